The number of carbonyl (C=O) groups is 2. The van der Waals surface area contributed by atoms with E-state index < -0.39 is 0 Å². The van der Waals surface area contributed by atoms with E-state index in [1.54, 1.807) is 11.0 Å². The largest absolute Gasteiger partial charge is 0.348 e. The Hall–Kier alpha value is -2.69. The van der Waals surface area contributed by atoms with E-state index in [0.29, 0.717) is 30.8 Å². The number of amides is 2. The SMILES string of the molecule is CCN(CC)C(=O)c1cncc(C(=O)NCc2cccc(C)c2)c1. The molecule has 0 radical (unpaired) electrons. The number of hydrogen-bond donors (Lipinski definition) is 1. The van der Waals surface area contributed by atoms with Crippen LogP contribution >= 0.6 is 0 Å². The molecule has 0 unspecified atom stereocenters. The fourth-order valence-electron chi connectivity index (χ4n) is 2.48. The number of nitrogens with zero attached hydrogens (tertiary/aromatic N) is 2. The van der Waals surface area contributed by atoms with Crippen LogP contribution in [-0.2, 0) is 6.54 Å². The minimum absolute atomic E-state index is 0.110. The molecule has 0 fully saturated rings. The molecule has 2 rings (SSSR count). The van der Waals surface area contributed by atoms with E-state index in [1.807, 2.05) is 45.0 Å². The van der Waals surface area contributed by atoms with Crippen molar-refractivity contribution in [3.05, 3.63) is 65.0 Å². The first-order valence-electron chi connectivity index (χ1n) is 8.13. The minimum Gasteiger partial charge on any atom is -0.348 e. The number of hydrogen-bond acceptors (Lipinski definition) is 3. The van der Waals surface area contributed by atoms with Crippen LogP contribution in [0.4, 0.5) is 0 Å². The molecule has 0 saturated heterocycles. The van der Waals surface area contributed by atoms with Crippen LogP contribution in [0, 0.1) is 6.92 Å². The molecule has 1 heterocycles. The van der Waals surface area contributed by atoms with Crippen LogP contribution < -0.4 is 5.32 Å². The van der Waals surface area contributed by atoms with Gasteiger partial charge in [-0.1, -0.05) is 29.8 Å². The molecule has 0 aliphatic carbocycles. The predicted molar refractivity (Wildman–Crippen MR) is 93.8 cm³/mol. The summed E-state index contributed by atoms with van der Waals surface area (Å²) in [7, 11) is 0. The van der Waals surface area contributed by atoms with Crippen molar-refractivity contribution in [1.82, 2.24) is 15.2 Å². The Balaban J connectivity index is 2.07. The highest BCUT2D eigenvalue weighted by atomic mass is 16.2. The minimum atomic E-state index is -0.238. The molecule has 2 aromatic rings. The normalized spacial score (nSPS) is 10.3. The van der Waals surface area contributed by atoms with Gasteiger partial charge >= 0.3 is 0 Å². The van der Waals surface area contributed by atoms with Crippen LogP contribution in [-0.4, -0.2) is 34.8 Å². The first-order valence-corrected chi connectivity index (χ1v) is 8.13. The second-order valence-electron chi connectivity index (χ2n) is 5.61. The fraction of sp³-hybridized carbons (Fsp3) is 0.316. The second-order valence-corrected chi connectivity index (χ2v) is 5.61. The van der Waals surface area contributed by atoms with Crippen molar-refractivity contribution in [2.24, 2.45) is 0 Å². The quantitative estimate of drug-likeness (QED) is 0.888. The molecule has 1 N–H and O–H groups in total. The standard InChI is InChI=1S/C19H23N3O2/c1-4-22(5-2)19(24)17-10-16(12-20-13-17)18(23)21-11-15-8-6-7-14(3)9-15/h6-10,12-13H,4-5,11H2,1-3H3,(H,21,23). The van der Waals surface area contributed by atoms with Crippen molar-refractivity contribution in [3.8, 4) is 0 Å². The second kappa shape index (κ2) is 8.24. The van der Waals surface area contributed by atoms with Gasteiger partial charge < -0.3 is 10.2 Å². The Labute approximate surface area is 142 Å². The van der Waals surface area contributed by atoms with E-state index in [-0.39, 0.29) is 11.8 Å². The highest BCUT2D eigenvalue weighted by Gasteiger charge is 2.15. The highest BCUT2D eigenvalue weighted by molar-refractivity contribution is 5.99. The van der Waals surface area contributed by atoms with Crippen molar-refractivity contribution in [1.29, 1.82) is 0 Å². The summed E-state index contributed by atoms with van der Waals surface area (Å²) in [5.74, 6) is -0.348. The molecule has 24 heavy (non-hydrogen) atoms. The summed E-state index contributed by atoms with van der Waals surface area (Å²) in [6.45, 7) is 7.55. The summed E-state index contributed by atoms with van der Waals surface area (Å²) in [6.07, 6.45) is 2.97. The molecule has 1 aromatic carbocycles. The van der Waals surface area contributed by atoms with E-state index in [2.05, 4.69) is 10.3 Å². The number of aryl methyl sites for hydroxylation is 1. The Morgan fingerprint density at radius 2 is 1.79 bits per heavy atom. The van der Waals surface area contributed by atoms with Crippen LogP contribution in [0.25, 0.3) is 0 Å². The van der Waals surface area contributed by atoms with Crippen LogP contribution in [0.5, 0.6) is 0 Å². The van der Waals surface area contributed by atoms with Crippen molar-refractivity contribution in [2.75, 3.05) is 13.1 Å². The van der Waals surface area contributed by atoms with E-state index in [9.17, 15) is 9.59 Å². The zero-order valence-corrected chi connectivity index (χ0v) is 14.4. The summed E-state index contributed by atoms with van der Waals surface area (Å²) < 4.78 is 0. The van der Waals surface area contributed by atoms with Gasteiger partial charge in [0.15, 0.2) is 0 Å². The smallest absolute Gasteiger partial charge is 0.255 e. The first kappa shape index (κ1) is 17.7. The Morgan fingerprint density at radius 1 is 1.08 bits per heavy atom. The molecule has 0 bridgehead atoms. The van der Waals surface area contributed by atoms with Crippen LogP contribution in [0.15, 0.2) is 42.7 Å². The molecule has 0 atom stereocenters. The highest BCUT2D eigenvalue weighted by Crippen LogP contribution is 2.08. The van der Waals surface area contributed by atoms with E-state index in [4.69, 9.17) is 0 Å². The molecule has 5 nitrogen and oxygen atoms in total. The molecule has 5 heteroatoms. The van der Waals surface area contributed by atoms with Gasteiger partial charge in [0.2, 0.25) is 0 Å². The fourth-order valence-corrected chi connectivity index (χ4v) is 2.48. The van der Waals surface area contributed by atoms with E-state index in [1.165, 1.54) is 12.4 Å². The van der Waals surface area contributed by atoms with Gasteiger partial charge in [-0.25, -0.2) is 0 Å². The van der Waals surface area contributed by atoms with Gasteiger partial charge in [-0.15, -0.1) is 0 Å². The van der Waals surface area contributed by atoms with Crippen molar-refractivity contribution in [2.45, 2.75) is 27.3 Å². The van der Waals surface area contributed by atoms with E-state index in [0.717, 1.165) is 11.1 Å². The molecule has 0 saturated carbocycles. The summed E-state index contributed by atoms with van der Waals surface area (Å²) >= 11 is 0. The van der Waals surface area contributed by atoms with Gasteiger partial charge in [0.25, 0.3) is 11.8 Å². The third-order valence-electron chi connectivity index (χ3n) is 3.83. The number of nitrogens with one attached hydrogen (secondary N) is 1. The van der Waals surface area contributed by atoms with Gasteiger partial charge in [-0.2, -0.15) is 0 Å². The van der Waals surface area contributed by atoms with Gasteiger partial charge in [0.1, 0.15) is 0 Å². The van der Waals surface area contributed by atoms with Gasteiger partial charge in [0.05, 0.1) is 11.1 Å². The molecule has 0 spiro atoms. The molecule has 1 aromatic heterocycles. The summed E-state index contributed by atoms with van der Waals surface area (Å²) in [5, 5.41) is 2.86. The van der Waals surface area contributed by atoms with Crippen molar-refractivity contribution >= 4 is 11.8 Å². The van der Waals surface area contributed by atoms with Gasteiger partial charge in [0, 0.05) is 32.0 Å². The zero-order valence-electron chi connectivity index (χ0n) is 14.4. The lowest BCUT2D eigenvalue weighted by Crippen LogP contribution is -2.31. The first-order chi connectivity index (χ1) is 11.5. The Bertz CT molecular complexity index is 724. The molecular weight excluding hydrogens is 302 g/mol. The van der Waals surface area contributed by atoms with E-state index >= 15 is 0 Å². The van der Waals surface area contributed by atoms with Gasteiger partial charge in [-0.05, 0) is 32.4 Å². The molecule has 2 amide bonds. The molecular formula is C19H23N3O2. The summed E-state index contributed by atoms with van der Waals surface area (Å²) in [4.78, 5) is 30.4. The van der Waals surface area contributed by atoms with Crippen LogP contribution in [0.1, 0.15) is 45.7 Å². The van der Waals surface area contributed by atoms with Gasteiger partial charge in [-0.3, -0.25) is 14.6 Å². The third kappa shape index (κ3) is 4.41. The Kier molecular flexibility index (Phi) is 6.07. The number of benzene rings is 1. The third-order valence-corrected chi connectivity index (χ3v) is 3.83. The lowest BCUT2D eigenvalue weighted by Gasteiger charge is -2.18. The molecule has 0 aliphatic rings. The lowest BCUT2D eigenvalue weighted by molar-refractivity contribution is 0.0772. The average Bonchev–Trinajstić information content (AvgIpc) is 2.61. The predicted octanol–water partition coefficient (Wildman–Crippen LogP) is 2.80. The maximum atomic E-state index is 12.4. The number of rotatable bonds is 6. The average molecular weight is 325 g/mol. The molecule has 126 valence electrons. The molecule has 0 aliphatic heterocycles. The van der Waals surface area contributed by atoms with Crippen molar-refractivity contribution in [3.63, 3.8) is 0 Å². The number of pyridine rings is 1. The van der Waals surface area contributed by atoms with Crippen molar-refractivity contribution < 1.29 is 9.59 Å². The zero-order chi connectivity index (χ0) is 17.5. The monoisotopic (exact) mass is 325 g/mol. The lowest BCUT2D eigenvalue weighted by atomic mass is 10.1. The summed E-state index contributed by atoms with van der Waals surface area (Å²) in [5.41, 5.74) is 3.00. The summed E-state index contributed by atoms with van der Waals surface area (Å²) in [6, 6.07) is 9.56. The van der Waals surface area contributed by atoms with Crippen LogP contribution in [0.3, 0.4) is 0 Å². The number of carbonyl (C=O) groups excluding carboxylic acids is 2. The maximum Gasteiger partial charge on any atom is 0.255 e. The maximum absolute atomic E-state index is 12.4. The Morgan fingerprint density at radius 3 is 2.46 bits per heavy atom. The van der Waals surface area contributed by atoms with Crippen LogP contribution in [0.2, 0.25) is 0 Å². The topological polar surface area (TPSA) is 62.3 Å². The number of aromatic nitrogens is 1.